The van der Waals surface area contributed by atoms with Gasteiger partial charge in [-0.05, 0) is 42.2 Å². The first kappa shape index (κ1) is 26.2. The standard InChI is InChI=1S/C24H27F3N5O2P/c1-4-35(34,5-2)15-16-9-8-10-17(13-16)30-23-29-14-19(24(25,26)27)21(32-23)31-20-12-7-6-11-18(20)22(33)28-3/h6-14H,4-5,15H2,1-3H3,(H,28,33)(H2,29,30,31,32). The Bertz CT molecular complexity index is 1240. The van der Waals surface area contributed by atoms with Crippen LogP contribution in [0.4, 0.5) is 36.3 Å². The number of rotatable bonds is 9. The quantitative estimate of drug-likeness (QED) is 0.298. The second-order valence-electron chi connectivity index (χ2n) is 7.88. The molecular weight excluding hydrogens is 478 g/mol. The maximum Gasteiger partial charge on any atom is 0.421 e. The van der Waals surface area contributed by atoms with Gasteiger partial charge in [0.15, 0.2) is 0 Å². The maximum atomic E-state index is 13.7. The molecule has 3 rings (SSSR count). The first-order valence-corrected chi connectivity index (χ1v) is 13.3. The van der Waals surface area contributed by atoms with Crippen molar-refractivity contribution in [1.82, 2.24) is 15.3 Å². The third-order valence-corrected chi connectivity index (χ3v) is 8.80. The minimum atomic E-state index is -4.72. The van der Waals surface area contributed by atoms with Crippen LogP contribution in [0.15, 0.2) is 54.7 Å². The maximum absolute atomic E-state index is 13.7. The number of nitrogens with one attached hydrogen (secondary N) is 3. The zero-order valence-corrected chi connectivity index (χ0v) is 20.5. The number of benzene rings is 2. The Hall–Kier alpha value is -3.39. The SMILES string of the molecule is CCP(=O)(CC)Cc1cccc(Nc2ncc(C(F)(F)F)c(Nc3ccccc3C(=O)NC)n2)c1. The van der Waals surface area contributed by atoms with E-state index in [0.29, 0.717) is 30.4 Å². The van der Waals surface area contributed by atoms with Gasteiger partial charge in [0, 0.05) is 25.1 Å². The Morgan fingerprint density at radius 3 is 2.40 bits per heavy atom. The number of anilines is 4. The van der Waals surface area contributed by atoms with Crippen LogP contribution in [0.2, 0.25) is 0 Å². The van der Waals surface area contributed by atoms with Gasteiger partial charge in [-0.25, -0.2) is 4.98 Å². The van der Waals surface area contributed by atoms with Gasteiger partial charge in [-0.2, -0.15) is 18.2 Å². The number of carbonyl (C=O) groups excluding carboxylic acids is 1. The molecule has 0 unspecified atom stereocenters. The fourth-order valence-electron chi connectivity index (χ4n) is 3.45. The molecule has 0 atom stereocenters. The van der Waals surface area contributed by atoms with Gasteiger partial charge in [0.05, 0.1) is 18.4 Å². The molecule has 0 aliphatic rings. The molecule has 1 amide bonds. The van der Waals surface area contributed by atoms with Gasteiger partial charge in [-0.3, -0.25) is 4.79 Å². The largest absolute Gasteiger partial charge is 0.421 e. The van der Waals surface area contributed by atoms with Gasteiger partial charge < -0.3 is 20.5 Å². The Labute approximate surface area is 202 Å². The molecule has 7 nitrogen and oxygen atoms in total. The molecule has 186 valence electrons. The highest BCUT2D eigenvalue weighted by Gasteiger charge is 2.35. The van der Waals surface area contributed by atoms with Crippen molar-refractivity contribution in [3.05, 3.63) is 71.4 Å². The van der Waals surface area contributed by atoms with Crippen molar-refractivity contribution < 1.29 is 22.5 Å². The van der Waals surface area contributed by atoms with Crippen LogP contribution in [0.25, 0.3) is 0 Å². The van der Waals surface area contributed by atoms with E-state index < -0.39 is 30.6 Å². The van der Waals surface area contributed by atoms with Crippen LogP contribution in [0.5, 0.6) is 0 Å². The van der Waals surface area contributed by atoms with Crippen LogP contribution in [0, 0.1) is 0 Å². The molecule has 2 aromatic carbocycles. The molecule has 3 aromatic rings. The average molecular weight is 505 g/mol. The van der Waals surface area contributed by atoms with Crippen molar-refractivity contribution in [1.29, 1.82) is 0 Å². The summed E-state index contributed by atoms with van der Waals surface area (Å²) in [6, 6.07) is 13.3. The lowest BCUT2D eigenvalue weighted by Crippen LogP contribution is -2.20. The summed E-state index contributed by atoms with van der Waals surface area (Å²) in [5.41, 5.74) is 0.666. The van der Waals surface area contributed by atoms with Crippen LogP contribution >= 0.6 is 7.14 Å². The van der Waals surface area contributed by atoms with Crippen LogP contribution < -0.4 is 16.0 Å². The molecule has 11 heteroatoms. The Balaban J connectivity index is 1.94. The van der Waals surface area contributed by atoms with E-state index in [0.717, 1.165) is 5.56 Å². The van der Waals surface area contributed by atoms with Gasteiger partial charge in [0.1, 0.15) is 11.4 Å². The van der Waals surface area contributed by atoms with E-state index in [-0.39, 0.29) is 17.2 Å². The van der Waals surface area contributed by atoms with E-state index in [9.17, 15) is 22.5 Å². The lowest BCUT2D eigenvalue weighted by Gasteiger charge is -2.17. The van der Waals surface area contributed by atoms with Crippen LogP contribution in [0.3, 0.4) is 0 Å². The molecule has 0 spiro atoms. The molecule has 0 aliphatic heterocycles. The molecule has 1 heterocycles. The van der Waals surface area contributed by atoms with E-state index in [1.165, 1.54) is 19.2 Å². The number of aromatic nitrogens is 2. The average Bonchev–Trinajstić information content (AvgIpc) is 2.83. The van der Waals surface area contributed by atoms with Crippen LogP contribution in [0.1, 0.15) is 35.3 Å². The number of para-hydroxylation sites is 1. The first-order valence-electron chi connectivity index (χ1n) is 11.0. The number of halogens is 3. The second-order valence-corrected chi connectivity index (χ2v) is 11.6. The molecule has 35 heavy (non-hydrogen) atoms. The summed E-state index contributed by atoms with van der Waals surface area (Å²) in [6.07, 6.45) is -2.41. The van der Waals surface area contributed by atoms with E-state index in [1.807, 2.05) is 19.9 Å². The summed E-state index contributed by atoms with van der Waals surface area (Å²) in [6.45, 7) is 3.80. The van der Waals surface area contributed by atoms with E-state index in [1.54, 1.807) is 30.3 Å². The van der Waals surface area contributed by atoms with Gasteiger partial charge >= 0.3 is 6.18 Å². The second kappa shape index (κ2) is 10.9. The Morgan fingerprint density at radius 1 is 1.03 bits per heavy atom. The van der Waals surface area contributed by atoms with Crippen LogP contribution in [-0.4, -0.2) is 35.2 Å². The lowest BCUT2D eigenvalue weighted by molar-refractivity contribution is -0.137. The number of amides is 1. The minimum absolute atomic E-state index is 0.0655. The van der Waals surface area contributed by atoms with Crippen molar-refractivity contribution in [2.75, 3.05) is 30.0 Å². The predicted octanol–water partition coefficient (Wildman–Crippen LogP) is 6.25. The third-order valence-electron chi connectivity index (χ3n) is 5.55. The zero-order valence-electron chi connectivity index (χ0n) is 19.6. The summed E-state index contributed by atoms with van der Waals surface area (Å²) in [5.74, 6) is -1.02. The van der Waals surface area contributed by atoms with Crippen molar-refractivity contribution in [3.8, 4) is 0 Å². The van der Waals surface area contributed by atoms with E-state index in [2.05, 4.69) is 25.9 Å². The number of carbonyl (C=O) groups is 1. The topological polar surface area (TPSA) is 96.0 Å². The number of hydrogen-bond acceptors (Lipinski definition) is 6. The zero-order chi connectivity index (χ0) is 25.6. The number of hydrogen-bond donors (Lipinski definition) is 3. The van der Waals surface area contributed by atoms with Gasteiger partial charge in [-0.1, -0.05) is 38.1 Å². The molecular formula is C24H27F3N5O2P. The lowest BCUT2D eigenvalue weighted by atomic mass is 10.1. The molecule has 0 fully saturated rings. The minimum Gasteiger partial charge on any atom is -0.355 e. The van der Waals surface area contributed by atoms with Gasteiger partial charge in [0.2, 0.25) is 5.95 Å². The number of nitrogens with zero attached hydrogens (tertiary/aromatic N) is 2. The third kappa shape index (κ3) is 6.60. The summed E-state index contributed by atoms with van der Waals surface area (Å²) in [5, 5.41) is 8.02. The highest BCUT2D eigenvalue weighted by molar-refractivity contribution is 7.63. The van der Waals surface area contributed by atoms with Crippen molar-refractivity contribution in [3.63, 3.8) is 0 Å². The normalized spacial score (nSPS) is 11.7. The monoisotopic (exact) mass is 505 g/mol. The van der Waals surface area contributed by atoms with Gasteiger partial charge in [-0.15, -0.1) is 0 Å². The fraction of sp³-hybridized carbons (Fsp3) is 0.292. The van der Waals surface area contributed by atoms with Gasteiger partial charge in [0.25, 0.3) is 5.91 Å². The summed E-state index contributed by atoms with van der Waals surface area (Å²) >= 11 is 0. The summed E-state index contributed by atoms with van der Waals surface area (Å²) in [7, 11) is -0.888. The molecule has 0 saturated heterocycles. The van der Waals surface area contributed by atoms with Crippen molar-refractivity contribution in [2.24, 2.45) is 0 Å². The smallest absolute Gasteiger partial charge is 0.355 e. The molecule has 0 bridgehead atoms. The van der Waals surface area contributed by atoms with E-state index >= 15 is 0 Å². The van der Waals surface area contributed by atoms with Crippen LogP contribution in [-0.2, 0) is 16.9 Å². The highest BCUT2D eigenvalue weighted by Crippen LogP contribution is 2.48. The Kier molecular flexibility index (Phi) is 8.17. The molecule has 3 N–H and O–H groups in total. The van der Waals surface area contributed by atoms with E-state index in [4.69, 9.17) is 0 Å². The first-order chi connectivity index (χ1) is 16.6. The Morgan fingerprint density at radius 2 is 1.74 bits per heavy atom. The molecule has 0 radical (unpaired) electrons. The molecule has 1 aromatic heterocycles. The van der Waals surface area contributed by atoms with Crippen molar-refractivity contribution in [2.45, 2.75) is 26.2 Å². The fourth-order valence-corrected chi connectivity index (χ4v) is 5.21. The molecule has 0 aliphatic carbocycles. The summed E-state index contributed by atoms with van der Waals surface area (Å²) in [4.78, 5) is 20.0. The predicted molar refractivity (Wildman–Crippen MR) is 132 cm³/mol. The molecule has 0 saturated carbocycles. The van der Waals surface area contributed by atoms with Crippen molar-refractivity contribution >= 4 is 36.2 Å². The number of alkyl halides is 3. The summed E-state index contributed by atoms with van der Waals surface area (Å²) < 4.78 is 53.8. The highest BCUT2D eigenvalue weighted by atomic mass is 31.2.